The molecule has 0 bridgehead atoms. The Morgan fingerprint density at radius 3 is 2.18 bits per heavy atom. The van der Waals surface area contributed by atoms with Crippen molar-refractivity contribution in [2.75, 3.05) is 26.8 Å². The fraction of sp³-hybridized carbons (Fsp3) is 0.364. The molecule has 0 aromatic heterocycles. The third-order valence-corrected chi connectivity index (χ3v) is 4.61. The van der Waals surface area contributed by atoms with Crippen molar-refractivity contribution in [1.82, 2.24) is 10.2 Å². The maximum atomic E-state index is 13.0. The molecule has 0 aliphatic carbocycles. The molecule has 6 nitrogen and oxygen atoms in total. The topological polar surface area (TPSA) is 67.9 Å². The Morgan fingerprint density at radius 2 is 1.57 bits per heavy atom. The Kier molecular flexibility index (Phi) is 7.17. The Morgan fingerprint density at radius 1 is 1.00 bits per heavy atom. The minimum absolute atomic E-state index is 0.163. The highest BCUT2D eigenvalue weighted by molar-refractivity contribution is 5.88. The fourth-order valence-corrected chi connectivity index (χ4v) is 3.17. The van der Waals surface area contributed by atoms with Crippen molar-refractivity contribution >= 4 is 11.8 Å². The molecule has 1 saturated heterocycles. The van der Waals surface area contributed by atoms with Gasteiger partial charge in [-0.05, 0) is 11.1 Å². The van der Waals surface area contributed by atoms with Gasteiger partial charge in [-0.1, -0.05) is 60.7 Å². The van der Waals surface area contributed by atoms with Crippen LogP contribution in [0.2, 0.25) is 0 Å². The van der Waals surface area contributed by atoms with Crippen LogP contribution in [0, 0.1) is 0 Å². The van der Waals surface area contributed by atoms with Crippen LogP contribution in [0.15, 0.2) is 60.7 Å². The highest BCUT2D eigenvalue weighted by atomic mass is 16.7. The molecule has 0 radical (unpaired) electrons. The van der Waals surface area contributed by atoms with Crippen molar-refractivity contribution in [2.45, 2.75) is 25.2 Å². The summed E-state index contributed by atoms with van der Waals surface area (Å²) in [6.45, 7) is 1.40. The summed E-state index contributed by atoms with van der Waals surface area (Å²) in [6, 6.07) is 18.5. The van der Waals surface area contributed by atoms with Crippen molar-refractivity contribution in [3.05, 3.63) is 71.8 Å². The number of amides is 2. The van der Waals surface area contributed by atoms with E-state index in [-0.39, 0.29) is 18.2 Å². The van der Waals surface area contributed by atoms with Gasteiger partial charge in [-0.25, -0.2) is 0 Å². The van der Waals surface area contributed by atoms with Gasteiger partial charge in [0.1, 0.15) is 6.04 Å². The number of ether oxygens (including phenoxy) is 2. The molecule has 28 heavy (non-hydrogen) atoms. The largest absolute Gasteiger partial charge is 0.348 e. The molecule has 2 aromatic carbocycles. The first-order valence-electron chi connectivity index (χ1n) is 9.47. The van der Waals surface area contributed by atoms with Crippen LogP contribution in [0.1, 0.15) is 11.1 Å². The third-order valence-electron chi connectivity index (χ3n) is 4.61. The lowest BCUT2D eigenvalue weighted by Gasteiger charge is -2.26. The highest BCUT2D eigenvalue weighted by Gasteiger charge is 2.27. The average molecular weight is 382 g/mol. The van der Waals surface area contributed by atoms with Crippen LogP contribution in [0.5, 0.6) is 0 Å². The zero-order valence-electron chi connectivity index (χ0n) is 16.0. The summed E-state index contributed by atoms with van der Waals surface area (Å²) in [4.78, 5) is 27.1. The lowest BCUT2D eigenvalue weighted by atomic mass is 10.0. The van der Waals surface area contributed by atoms with Crippen LogP contribution in [0.25, 0.3) is 0 Å². The van der Waals surface area contributed by atoms with Crippen LogP contribution < -0.4 is 5.32 Å². The molecule has 1 N–H and O–H groups in total. The van der Waals surface area contributed by atoms with E-state index in [1.807, 2.05) is 60.7 Å². The van der Waals surface area contributed by atoms with E-state index in [1.165, 1.54) is 0 Å². The van der Waals surface area contributed by atoms with Gasteiger partial charge in [-0.15, -0.1) is 0 Å². The van der Waals surface area contributed by atoms with Crippen molar-refractivity contribution < 1.29 is 19.1 Å². The molecule has 0 unspecified atom stereocenters. The maximum Gasteiger partial charge on any atom is 0.245 e. The number of benzene rings is 2. The van der Waals surface area contributed by atoms with E-state index in [9.17, 15) is 9.59 Å². The first-order chi connectivity index (χ1) is 13.6. The molecule has 1 heterocycles. The molecule has 1 atom stereocenters. The van der Waals surface area contributed by atoms with Crippen LogP contribution >= 0.6 is 0 Å². The standard InChI is InChI=1S/C22H26N2O4/c1-24(16-21-27-12-13-28-21)22(26)19(14-17-8-4-2-5-9-17)23-20(25)15-18-10-6-3-7-11-18/h2-11,19,21H,12-16H2,1H3,(H,23,25)/t19-/m0/s1. The van der Waals surface area contributed by atoms with Crippen LogP contribution in [-0.4, -0.2) is 55.9 Å². The van der Waals surface area contributed by atoms with E-state index in [1.54, 1.807) is 11.9 Å². The molecule has 148 valence electrons. The van der Waals surface area contributed by atoms with Crippen LogP contribution in [-0.2, 0) is 31.9 Å². The second-order valence-corrected chi connectivity index (χ2v) is 6.86. The number of likely N-dealkylation sites (N-methyl/N-ethyl adjacent to an activating group) is 1. The lowest BCUT2D eigenvalue weighted by molar-refractivity contribution is -0.139. The normalized spacial score (nSPS) is 15.2. The first-order valence-corrected chi connectivity index (χ1v) is 9.47. The summed E-state index contributed by atoms with van der Waals surface area (Å²) >= 11 is 0. The van der Waals surface area contributed by atoms with E-state index in [0.717, 1.165) is 11.1 Å². The van der Waals surface area contributed by atoms with E-state index >= 15 is 0 Å². The molecule has 0 saturated carbocycles. The number of nitrogens with zero attached hydrogens (tertiary/aromatic N) is 1. The van der Waals surface area contributed by atoms with Crippen molar-refractivity contribution in [2.24, 2.45) is 0 Å². The van der Waals surface area contributed by atoms with Crippen LogP contribution in [0.4, 0.5) is 0 Å². The van der Waals surface area contributed by atoms with Gasteiger partial charge < -0.3 is 19.7 Å². The number of carbonyl (C=O) groups excluding carboxylic acids is 2. The number of rotatable bonds is 8. The fourth-order valence-electron chi connectivity index (χ4n) is 3.17. The van der Waals surface area contributed by atoms with Crippen molar-refractivity contribution in [3.63, 3.8) is 0 Å². The second-order valence-electron chi connectivity index (χ2n) is 6.86. The quantitative estimate of drug-likeness (QED) is 0.756. The number of nitrogens with one attached hydrogen (secondary N) is 1. The summed E-state index contributed by atoms with van der Waals surface area (Å²) < 4.78 is 10.9. The summed E-state index contributed by atoms with van der Waals surface area (Å²) in [7, 11) is 1.70. The predicted octanol–water partition coefficient (Wildman–Crippen LogP) is 1.79. The average Bonchev–Trinajstić information content (AvgIpc) is 3.21. The Balaban J connectivity index is 1.66. The first kappa shape index (κ1) is 20.0. The van der Waals surface area contributed by atoms with Gasteiger partial charge >= 0.3 is 0 Å². The number of carbonyl (C=O) groups is 2. The molecule has 1 aliphatic rings. The van der Waals surface area contributed by atoms with Gasteiger partial charge in [0.05, 0.1) is 26.2 Å². The molecule has 3 rings (SSSR count). The maximum absolute atomic E-state index is 13.0. The minimum atomic E-state index is -0.648. The van der Waals surface area contributed by atoms with E-state index in [4.69, 9.17) is 9.47 Å². The number of hydrogen-bond acceptors (Lipinski definition) is 4. The molecule has 1 fully saturated rings. The van der Waals surface area contributed by atoms with Crippen LogP contribution in [0.3, 0.4) is 0 Å². The van der Waals surface area contributed by atoms with Gasteiger partial charge in [-0.3, -0.25) is 9.59 Å². The molecular weight excluding hydrogens is 356 g/mol. The van der Waals surface area contributed by atoms with Crippen molar-refractivity contribution in [1.29, 1.82) is 0 Å². The van der Waals surface area contributed by atoms with Gasteiger partial charge in [0, 0.05) is 13.5 Å². The molecule has 6 heteroatoms. The van der Waals surface area contributed by atoms with Gasteiger partial charge in [0.15, 0.2) is 6.29 Å². The predicted molar refractivity (Wildman–Crippen MR) is 106 cm³/mol. The molecule has 2 aromatic rings. The smallest absolute Gasteiger partial charge is 0.245 e. The zero-order valence-corrected chi connectivity index (χ0v) is 16.0. The van der Waals surface area contributed by atoms with E-state index in [2.05, 4.69) is 5.32 Å². The highest BCUT2D eigenvalue weighted by Crippen LogP contribution is 2.10. The molecule has 2 amide bonds. The Hall–Kier alpha value is -2.70. The third kappa shape index (κ3) is 5.90. The van der Waals surface area contributed by atoms with E-state index < -0.39 is 12.3 Å². The SMILES string of the molecule is CN(CC1OCCO1)C(=O)[C@H](Cc1ccccc1)NC(=O)Cc1ccccc1. The van der Waals surface area contributed by atoms with Gasteiger partial charge in [0.25, 0.3) is 0 Å². The monoisotopic (exact) mass is 382 g/mol. The zero-order chi connectivity index (χ0) is 19.8. The summed E-state index contributed by atoms with van der Waals surface area (Å²) in [5.74, 6) is -0.341. The number of hydrogen-bond donors (Lipinski definition) is 1. The molecule has 1 aliphatic heterocycles. The second kappa shape index (κ2) is 10.0. The van der Waals surface area contributed by atoms with Gasteiger partial charge in [0.2, 0.25) is 11.8 Å². The molecule has 0 spiro atoms. The van der Waals surface area contributed by atoms with Gasteiger partial charge in [-0.2, -0.15) is 0 Å². The Labute approximate surface area is 165 Å². The minimum Gasteiger partial charge on any atom is -0.348 e. The lowest BCUT2D eigenvalue weighted by Crippen LogP contribution is -2.50. The summed E-state index contributed by atoms with van der Waals surface area (Å²) in [6.07, 6.45) is 0.251. The molecular formula is C22H26N2O4. The Bertz CT molecular complexity index is 761. The van der Waals surface area contributed by atoms with E-state index in [0.29, 0.717) is 26.2 Å². The summed E-state index contributed by atoms with van der Waals surface area (Å²) in [5, 5.41) is 2.91. The van der Waals surface area contributed by atoms with Crippen molar-refractivity contribution in [3.8, 4) is 0 Å². The summed E-state index contributed by atoms with van der Waals surface area (Å²) in [5.41, 5.74) is 1.90.